The van der Waals surface area contributed by atoms with Gasteiger partial charge in [-0.3, -0.25) is 37.3 Å². The van der Waals surface area contributed by atoms with Gasteiger partial charge in [0.25, 0.3) is 0 Å². The minimum atomic E-state index is -4.99. The molecule has 5 atom stereocenters. The van der Waals surface area contributed by atoms with Crippen molar-refractivity contribution in [1.82, 2.24) is 0 Å². The van der Waals surface area contributed by atoms with E-state index in [0.717, 1.165) is 167 Å². The first kappa shape index (κ1) is 93.5. The molecule has 0 aromatic heterocycles. The van der Waals surface area contributed by atoms with Gasteiger partial charge in [-0.1, -0.05) is 246 Å². The molecule has 0 aliphatic carbocycles. The van der Waals surface area contributed by atoms with Crippen molar-refractivity contribution in [3.8, 4) is 0 Å². The number of hydrogen-bond acceptors (Lipinski definition) is 15. The van der Waals surface area contributed by atoms with E-state index in [9.17, 15) is 43.2 Å². The third-order valence-corrected chi connectivity index (χ3v) is 17.3. The molecule has 562 valence electrons. The smallest absolute Gasteiger partial charge is 0.462 e. The fourth-order valence-electron chi connectivity index (χ4n) is 9.61. The highest BCUT2D eigenvalue weighted by Crippen LogP contribution is 2.45. The zero-order valence-electron chi connectivity index (χ0n) is 61.2. The van der Waals surface area contributed by atoms with E-state index >= 15 is 0 Å². The average Bonchev–Trinajstić information content (AvgIpc) is 1.05. The second kappa shape index (κ2) is 70.9. The second-order valence-electron chi connectivity index (χ2n) is 24.8. The quantitative estimate of drug-likeness (QED) is 0.0169. The Morgan fingerprint density at radius 1 is 0.296 bits per heavy atom. The lowest BCUT2D eigenvalue weighted by atomic mass is 10.1. The van der Waals surface area contributed by atoms with E-state index < -0.39 is 97.5 Å². The Kier molecular flexibility index (Phi) is 67.6. The van der Waals surface area contributed by atoms with Gasteiger partial charge < -0.3 is 33.8 Å². The second-order valence-corrected chi connectivity index (χ2v) is 27.8. The van der Waals surface area contributed by atoms with E-state index in [4.69, 9.17) is 37.0 Å². The molecule has 0 amide bonds. The number of unbranched alkanes of at least 4 members (excludes halogenated alkanes) is 24. The number of esters is 4. The van der Waals surface area contributed by atoms with Gasteiger partial charge >= 0.3 is 39.5 Å². The van der Waals surface area contributed by atoms with Crippen LogP contribution in [-0.4, -0.2) is 96.7 Å². The van der Waals surface area contributed by atoms with Gasteiger partial charge in [-0.25, -0.2) is 9.13 Å². The van der Waals surface area contributed by atoms with Crippen LogP contribution in [0.1, 0.15) is 297 Å². The van der Waals surface area contributed by atoms with Crippen LogP contribution in [0, 0.1) is 0 Å². The van der Waals surface area contributed by atoms with Crippen molar-refractivity contribution < 1.29 is 80.2 Å². The van der Waals surface area contributed by atoms with Gasteiger partial charge in [0.2, 0.25) is 0 Å². The molecule has 98 heavy (non-hydrogen) atoms. The molecule has 5 unspecified atom stereocenters. The van der Waals surface area contributed by atoms with Crippen molar-refractivity contribution in [2.75, 3.05) is 39.6 Å². The molecule has 0 aromatic carbocycles. The van der Waals surface area contributed by atoms with Gasteiger partial charge in [0.05, 0.1) is 26.4 Å². The summed E-state index contributed by atoms with van der Waals surface area (Å²) < 4.78 is 68.3. The lowest BCUT2D eigenvalue weighted by molar-refractivity contribution is -0.161. The number of hydrogen-bond donors (Lipinski definition) is 3. The fraction of sp³-hybridized carbons (Fsp3) is 0.696. The molecule has 17 nitrogen and oxygen atoms in total. The predicted octanol–water partition coefficient (Wildman–Crippen LogP) is 21.6. The van der Waals surface area contributed by atoms with E-state index in [1.165, 1.54) is 44.9 Å². The largest absolute Gasteiger partial charge is 0.472 e. The van der Waals surface area contributed by atoms with Crippen LogP contribution in [0.15, 0.2) is 122 Å². The van der Waals surface area contributed by atoms with Crippen LogP contribution < -0.4 is 0 Å². The van der Waals surface area contributed by atoms with Gasteiger partial charge in [-0.15, -0.1) is 0 Å². The number of phosphoric ester groups is 2. The van der Waals surface area contributed by atoms with Crippen LogP contribution >= 0.6 is 15.6 Å². The predicted molar refractivity (Wildman–Crippen MR) is 399 cm³/mol. The van der Waals surface area contributed by atoms with Crippen LogP contribution in [-0.2, 0) is 65.4 Å². The number of allylic oxidation sites excluding steroid dienone is 20. The molecule has 0 radical (unpaired) electrons. The lowest BCUT2D eigenvalue weighted by Gasteiger charge is -2.21. The van der Waals surface area contributed by atoms with Crippen LogP contribution in [0.4, 0.5) is 0 Å². The van der Waals surface area contributed by atoms with Crippen molar-refractivity contribution in [3.63, 3.8) is 0 Å². The summed E-state index contributed by atoms with van der Waals surface area (Å²) in [6.45, 7) is 4.54. The minimum Gasteiger partial charge on any atom is -0.462 e. The summed E-state index contributed by atoms with van der Waals surface area (Å²) in [5.74, 6) is -2.28. The van der Waals surface area contributed by atoms with Crippen molar-refractivity contribution >= 4 is 39.5 Å². The van der Waals surface area contributed by atoms with Crippen LogP contribution in [0.25, 0.3) is 0 Å². The SMILES string of the molecule is CC/C=C\C/C=C\C/C=C\C/C=C\C/C=C\CCCC(=O)OCC(COP(=O)(O)OCC(O)COP(=O)(O)OCC(COC(=O)CCCCCCC/C=C\C/C=C\CCC)OC(=O)CCCCCCC/C=C\CCCCCC)OC(=O)CCCCCCC/C=C\C/C=C\CCCCC. The van der Waals surface area contributed by atoms with E-state index in [1.807, 2.05) is 12.2 Å². The van der Waals surface area contributed by atoms with Gasteiger partial charge in [0.1, 0.15) is 19.3 Å². The molecular weight excluding hydrogens is 1280 g/mol. The number of carbonyl (C=O) groups excluding carboxylic acids is 4. The summed E-state index contributed by atoms with van der Waals surface area (Å²) >= 11 is 0. The van der Waals surface area contributed by atoms with Crippen molar-refractivity contribution in [2.24, 2.45) is 0 Å². The molecule has 19 heteroatoms. The Labute approximate surface area is 593 Å². The molecule has 0 rings (SSSR count). The standard InChI is InChI=1S/C79H134O17P2/c1-5-9-13-17-21-25-29-33-35-36-38-41-44-48-52-56-60-64-77(82)90-70-75(96-79(84)66-62-58-54-50-46-42-37-34-30-26-22-18-14-10-6-2)72-94-98(87,88)92-68-73(80)67-91-97(85,86)93-71-74(95-78(83)65-61-57-53-49-45-40-32-28-24-20-16-12-8-4)69-89-76(81)63-59-55-51-47-43-39-31-27-23-19-15-11-7-3/h9,13,15,19,21-22,25-28,31-35,37-38,41,48,52,73-75,80H,5-8,10-12,14,16-18,20,23-24,29-30,36,39-40,42-47,49-51,53-72H2,1-4H3,(H,85,86)(H,87,88)/b13-9-,19-15-,25-21-,26-22-,31-27-,32-28-,35-33-,37-34-,41-38-,52-48-. The molecule has 3 N–H and O–H groups in total. The number of phosphoric acid groups is 2. The summed E-state index contributed by atoms with van der Waals surface area (Å²) in [5, 5.41) is 10.6. The van der Waals surface area contributed by atoms with Gasteiger partial charge in [-0.2, -0.15) is 0 Å². The maximum absolute atomic E-state index is 13.1. The summed E-state index contributed by atoms with van der Waals surface area (Å²) in [4.78, 5) is 72.8. The van der Waals surface area contributed by atoms with Crippen molar-refractivity contribution in [1.29, 1.82) is 0 Å². The van der Waals surface area contributed by atoms with Gasteiger partial charge in [0.15, 0.2) is 12.2 Å². The number of carbonyl (C=O) groups is 4. The molecule has 0 aromatic rings. The van der Waals surface area contributed by atoms with Crippen LogP contribution in [0.2, 0.25) is 0 Å². The molecule has 0 fully saturated rings. The zero-order chi connectivity index (χ0) is 71.8. The third-order valence-electron chi connectivity index (χ3n) is 15.4. The summed E-state index contributed by atoms with van der Waals surface area (Å²) in [6.07, 6.45) is 76.3. The molecule has 0 saturated carbocycles. The monoisotopic (exact) mass is 1420 g/mol. The number of ether oxygens (including phenoxy) is 4. The Bertz CT molecular complexity index is 2340. The maximum Gasteiger partial charge on any atom is 0.472 e. The van der Waals surface area contributed by atoms with E-state index in [-0.39, 0.29) is 25.7 Å². The topological polar surface area (TPSA) is 237 Å². The molecule has 0 bridgehead atoms. The Hall–Kier alpha value is -4.54. The fourth-order valence-corrected chi connectivity index (χ4v) is 11.2. The first-order valence-corrected chi connectivity index (χ1v) is 40.8. The van der Waals surface area contributed by atoms with Crippen molar-refractivity contribution in [3.05, 3.63) is 122 Å². The Balaban J connectivity index is 5.42. The minimum absolute atomic E-state index is 0.0641. The molecule has 0 saturated heterocycles. The molecule has 0 aliphatic rings. The van der Waals surface area contributed by atoms with E-state index in [0.29, 0.717) is 32.1 Å². The number of aliphatic hydroxyl groups is 1. The summed E-state index contributed by atoms with van der Waals surface area (Å²) in [5.41, 5.74) is 0. The summed E-state index contributed by atoms with van der Waals surface area (Å²) in [7, 11) is -9.97. The highest BCUT2D eigenvalue weighted by Gasteiger charge is 2.30. The van der Waals surface area contributed by atoms with Crippen molar-refractivity contribution in [2.45, 2.75) is 316 Å². The Morgan fingerprint density at radius 3 is 0.929 bits per heavy atom. The molecule has 0 heterocycles. The normalized spacial score (nSPS) is 14.6. The van der Waals surface area contributed by atoms with E-state index in [2.05, 4.69) is 137 Å². The van der Waals surface area contributed by atoms with Crippen LogP contribution in [0.3, 0.4) is 0 Å². The molecule has 0 spiro atoms. The number of aliphatic hydroxyl groups excluding tert-OH is 1. The first-order chi connectivity index (χ1) is 47.7. The number of rotatable bonds is 70. The molecule has 0 aliphatic heterocycles. The van der Waals surface area contributed by atoms with Gasteiger partial charge in [0, 0.05) is 25.7 Å². The maximum atomic E-state index is 13.1. The highest BCUT2D eigenvalue weighted by atomic mass is 31.2. The Morgan fingerprint density at radius 2 is 0.561 bits per heavy atom. The van der Waals surface area contributed by atoms with Crippen LogP contribution in [0.5, 0.6) is 0 Å². The van der Waals surface area contributed by atoms with Gasteiger partial charge in [-0.05, 0) is 148 Å². The zero-order valence-corrected chi connectivity index (χ0v) is 63.0. The summed E-state index contributed by atoms with van der Waals surface area (Å²) in [6, 6.07) is 0. The van der Waals surface area contributed by atoms with E-state index in [1.54, 1.807) is 0 Å². The third kappa shape index (κ3) is 69.9. The molecular formula is C79H134O17P2. The highest BCUT2D eigenvalue weighted by molar-refractivity contribution is 7.47. The lowest BCUT2D eigenvalue weighted by Crippen LogP contribution is -2.30. The average molecular weight is 1420 g/mol. The first-order valence-electron chi connectivity index (χ1n) is 37.8.